The molecule has 1 aromatic carbocycles. The molecule has 3 amide bonds. The topological polar surface area (TPSA) is 66.5 Å². The molecule has 1 saturated heterocycles. The highest BCUT2D eigenvalue weighted by Crippen LogP contribution is 2.52. The number of hydrogen-bond donors (Lipinski definition) is 1. The lowest BCUT2D eigenvalue weighted by Crippen LogP contribution is -2.51. The van der Waals surface area contributed by atoms with Gasteiger partial charge in [-0.15, -0.1) is 0 Å². The van der Waals surface area contributed by atoms with Crippen LogP contribution in [-0.2, 0) is 20.8 Å². The van der Waals surface area contributed by atoms with E-state index in [2.05, 4.69) is 17.5 Å². The Bertz CT molecular complexity index is 697. The molecule has 4 rings (SSSR count). The van der Waals surface area contributed by atoms with Gasteiger partial charge in [0, 0.05) is 13.5 Å². The molecule has 1 aromatic rings. The molecule has 0 aromatic heterocycles. The first-order chi connectivity index (χ1) is 11.6. The van der Waals surface area contributed by atoms with Crippen molar-refractivity contribution in [2.24, 2.45) is 23.7 Å². The number of benzene rings is 1. The number of carbonyl (C=O) groups excluding carboxylic acids is 3. The zero-order valence-electron chi connectivity index (χ0n) is 13.5. The minimum Gasteiger partial charge on any atom is -0.357 e. The maximum absolute atomic E-state index is 12.9. The molecule has 1 N–H and O–H groups in total. The van der Waals surface area contributed by atoms with Crippen molar-refractivity contribution in [3.8, 4) is 0 Å². The summed E-state index contributed by atoms with van der Waals surface area (Å²) in [5.74, 6) is -0.864. The normalized spacial score (nSPS) is 31.5. The number of fused-ring (bicyclic) bond motifs is 5. The largest absolute Gasteiger partial charge is 0.357 e. The number of imide groups is 1. The lowest BCUT2D eigenvalue weighted by molar-refractivity contribution is -0.148. The molecule has 124 valence electrons. The van der Waals surface area contributed by atoms with E-state index in [1.54, 1.807) is 0 Å². The van der Waals surface area contributed by atoms with E-state index in [0.717, 1.165) is 12.0 Å². The highest BCUT2D eigenvalue weighted by Gasteiger charge is 2.60. The number of likely N-dealkylation sites (N-methyl/N-ethyl adjacent to an activating group) is 1. The van der Waals surface area contributed by atoms with Gasteiger partial charge in [-0.2, -0.15) is 0 Å². The number of nitrogens with one attached hydrogen (secondary N) is 1. The zero-order chi connectivity index (χ0) is 16.8. The predicted octanol–water partition coefficient (Wildman–Crippen LogP) is 1.15. The van der Waals surface area contributed by atoms with Crippen LogP contribution < -0.4 is 5.32 Å². The Morgan fingerprint density at radius 1 is 1.12 bits per heavy atom. The summed E-state index contributed by atoms with van der Waals surface area (Å²) < 4.78 is 0. The average Bonchev–Trinajstić information content (AvgIpc) is 3.28. The first-order valence-electron chi connectivity index (χ1n) is 8.42. The summed E-state index contributed by atoms with van der Waals surface area (Å²) in [6.07, 6.45) is 5.36. The molecule has 0 unspecified atom stereocenters. The molecule has 0 spiro atoms. The second-order valence-corrected chi connectivity index (χ2v) is 6.87. The van der Waals surface area contributed by atoms with E-state index >= 15 is 0 Å². The number of allylic oxidation sites excluding steroid dienone is 2. The van der Waals surface area contributed by atoms with E-state index in [0.29, 0.717) is 6.42 Å². The van der Waals surface area contributed by atoms with Gasteiger partial charge in [-0.1, -0.05) is 42.5 Å². The second kappa shape index (κ2) is 5.58. The van der Waals surface area contributed by atoms with Crippen LogP contribution in [0.1, 0.15) is 12.0 Å². The summed E-state index contributed by atoms with van der Waals surface area (Å²) in [7, 11) is 1.54. The van der Waals surface area contributed by atoms with E-state index < -0.39 is 6.04 Å². The third-order valence-corrected chi connectivity index (χ3v) is 5.64. The van der Waals surface area contributed by atoms with Crippen LogP contribution in [0.2, 0.25) is 0 Å². The molecular weight excluding hydrogens is 304 g/mol. The van der Waals surface area contributed by atoms with Gasteiger partial charge in [0.2, 0.25) is 17.7 Å². The van der Waals surface area contributed by atoms with Gasteiger partial charge in [-0.25, -0.2) is 0 Å². The fourth-order valence-electron chi connectivity index (χ4n) is 4.54. The van der Waals surface area contributed by atoms with Crippen molar-refractivity contribution in [2.75, 3.05) is 7.05 Å². The van der Waals surface area contributed by atoms with Crippen LogP contribution in [0.15, 0.2) is 42.5 Å². The van der Waals surface area contributed by atoms with Crippen molar-refractivity contribution in [1.29, 1.82) is 0 Å². The average molecular weight is 324 g/mol. The molecule has 2 fully saturated rings. The van der Waals surface area contributed by atoms with Crippen LogP contribution in [0.25, 0.3) is 0 Å². The van der Waals surface area contributed by atoms with E-state index in [-0.39, 0.29) is 41.4 Å². The molecule has 5 nitrogen and oxygen atoms in total. The van der Waals surface area contributed by atoms with Crippen molar-refractivity contribution in [3.05, 3.63) is 48.0 Å². The molecule has 1 saturated carbocycles. The Morgan fingerprint density at radius 2 is 1.71 bits per heavy atom. The fraction of sp³-hybridized carbons (Fsp3) is 0.421. The SMILES string of the molecule is CNC(=O)[C@H](Cc1ccccc1)N1C(=O)[C@@H]2[C@H](C1=O)[C@H]1C=C[C@H]2C1. The summed E-state index contributed by atoms with van der Waals surface area (Å²) in [6.45, 7) is 0. The van der Waals surface area contributed by atoms with Gasteiger partial charge in [-0.3, -0.25) is 19.3 Å². The van der Waals surface area contributed by atoms with Gasteiger partial charge < -0.3 is 5.32 Å². The van der Waals surface area contributed by atoms with Gasteiger partial charge in [0.15, 0.2) is 0 Å². The Hall–Kier alpha value is -2.43. The van der Waals surface area contributed by atoms with Crippen molar-refractivity contribution < 1.29 is 14.4 Å². The Morgan fingerprint density at radius 3 is 2.25 bits per heavy atom. The first kappa shape index (κ1) is 15.1. The van der Waals surface area contributed by atoms with Gasteiger partial charge in [0.05, 0.1) is 11.8 Å². The number of nitrogens with zero attached hydrogens (tertiary/aromatic N) is 1. The number of carbonyl (C=O) groups is 3. The number of likely N-dealkylation sites (tertiary alicyclic amines) is 1. The van der Waals surface area contributed by atoms with Crippen LogP contribution in [-0.4, -0.2) is 35.7 Å². The molecule has 5 heteroatoms. The third-order valence-electron chi connectivity index (χ3n) is 5.64. The summed E-state index contributed by atoms with van der Waals surface area (Å²) >= 11 is 0. The van der Waals surface area contributed by atoms with E-state index in [1.807, 2.05) is 30.3 Å². The molecule has 1 aliphatic heterocycles. The van der Waals surface area contributed by atoms with Crippen LogP contribution in [0.4, 0.5) is 0 Å². The Kier molecular flexibility index (Phi) is 3.52. The fourth-order valence-corrected chi connectivity index (χ4v) is 4.54. The van der Waals surface area contributed by atoms with Gasteiger partial charge in [-0.05, 0) is 23.8 Å². The predicted molar refractivity (Wildman–Crippen MR) is 87.6 cm³/mol. The maximum atomic E-state index is 12.9. The zero-order valence-corrected chi connectivity index (χ0v) is 13.5. The molecular formula is C19H20N2O3. The highest BCUT2D eigenvalue weighted by molar-refractivity contribution is 6.09. The molecule has 24 heavy (non-hydrogen) atoms. The summed E-state index contributed by atoms with van der Waals surface area (Å²) in [5, 5.41) is 2.61. The smallest absolute Gasteiger partial charge is 0.243 e. The number of hydrogen-bond acceptors (Lipinski definition) is 3. The van der Waals surface area contributed by atoms with Gasteiger partial charge in [0.25, 0.3) is 0 Å². The van der Waals surface area contributed by atoms with Crippen molar-refractivity contribution in [2.45, 2.75) is 18.9 Å². The minimum atomic E-state index is -0.776. The summed E-state index contributed by atoms with van der Waals surface area (Å²) in [5.41, 5.74) is 0.935. The molecule has 2 bridgehead atoms. The molecule has 5 atom stereocenters. The Balaban J connectivity index is 1.65. The van der Waals surface area contributed by atoms with Crippen LogP contribution in [0.5, 0.6) is 0 Å². The van der Waals surface area contributed by atoms with Gasteiger partial charge >= 0.3 is 0 Å². The quantitative estimate of drug-likeness (QED) is 0.667. The van der Waals surface area contributed by atoms with Gasteiger partial charge in [0.1, 0.15) is 6.04 Å². The monoisotopic (exact) mass is 324 g/mol. The van der Waals surface area contributed by atoms with Crippen LogP contribution in [0, 0.1) is 23.7 Å². The Labute approximate surface area is 140 Å². The molecule has 2 aliphatic carbocycles. The molecule has 0 radical (unpaired) electrons. The number of amides is 3. The second-order valence-electron chi connectivity index (χ2n) is 6.87. The standard InChI is InChI=1S/C19H20N2O3/c1-20-17(22)14(9-11-5-3-2-4-6-11)21-18(23)15-12-7-8-13(10-12)16(15)19(21)24/h2-8,12-16H,9-10H2,1H3,(H,20,22)/t12-,13-,14-,15-,16+/m0/s1. The highest BCUT2D eigenvalue weighted by atomic mass is 16.2. The third kappa shape index (κ3) is 2.11. The van der Waals surface area contributed by atoms with E-state index in [9.17, 15) is 14.4 Å². The molecule has 3 aliphatic rings. The van der Waals surface area contributed by atoms with Crippen LogP contribution >= 0.6 is 0 Å². The van der Waals surface area contributed by atoms with E-state index in [4.69, 9.17) is 0 Å². The van der Waals surface area contributed by atoms with E-state index in [1.165, 1.54) is 11.9 Å². The number of rotatable bonds is 4. The van der Waals surface area contributed by atoms with Crippen molar-refractivity contribution in [1.82, 2.24) is 10.2 Å². The summed E-state index contributed by atoms with van der Waals surface area (Å²) in [6, 6.07) is 8.73. The van der Waals surface area contributed by atoms with Crippen molar-refractivity contribution in [3.63, 3.8) is 0 Å². The van der Waals surface area contributed by atoms with Crippen LogP contribution in [0.3, 0.4) is 0 Å². The summed E-state index contributed by atoms with van der Waals surface area (Å²) in [4.78, 5) is 39.5. The molecule has 1 heterocycles. The maximum Gasteiger partial charge on any atom is 0.243 e. The lowest BCUT2D eigenvalue weighted by atomic mass is 9.85. The first-order valence-corrected chi connectivity index (χ1v) is 8.42. The minimum absolute atomic E-state index is 0.156. The lowest BCUT2D eigenvalue weighted by Gasteiger charge is -2.26. The van der Waals surface area contributed by atoms with Crippen molar-refractivity contribution >= 4 is 17.7 Å².